The number of allylic oxidation sites excluding steroid dienone is 4. The molecule has 0 bridgehead atoms. The van der Waals surface area contributed by atoms with Crippen molar-refractivity contribution in [1.29, 1.82) is 0 Å². The van der Waals surface area contributed by atoms with Gasteiger partial charge in [-0.1, -0.05) is 29.8 Å². The largest absolute Gasteiger partial charge is 0.365 e. The van der Waals surface area contributed by atoms with Crippen molar-refractivity contribution in [3.05, 3.63) is 76.1 Å². The number of fused-ring (bicyclic) bond motifs is 1. The molecule has 0 atom stereocenters. The zero-order valence-corrected chi connectivity index (χ0v) is 21.1. The Hall–Kier alpha value is -3.30. The van der Waals surface area contributed by atoms with E-state index in [-0.39, 0.29) is 23.0 Å². The fraction of sp³-hybridized carbons (Fsp3) is 0.346. The van der Waals surface area contributed by atoms with Crippen LogP contribution in [0.25, 0.3) is 5.57 Å². The number of rotatable bonds is 8. The summed E-state index contributed by atoms with van der Waals surface area (Å²) in [5, 5.41) is 5.92. The van der Waals surface area contributed by atoms with Crippen LogP contribution < -0.4 is 15.5 Å². The van der Waals surface area contributed by atoms with E-state index in [4.69, 9.17) is 16.6 Å². The number of hydrogen-bond acceptors (Lipinski definition) is 6. The first-order chi connectivity index (χ1) is 17.3. The third-order valence-corrected chi connectivity index (χ3v) is 6.33. The second-order valence-corrected chi connectivity index (χ2v) is 9.29. The molecule has 0 spiro atoms. The van der Waals surface area contributed by atoms with Gasteiger partial charge in [-0.3, -0.25) is 4.79 Å². The molecule has 4 rings (SSSR count). The van der Waals surface area contributed by atoms with E-state index in [0.717, 1.165) is 30.7 Å². The molecule has 1 aliphatic heterocycles. The summed E-state index contributed by atoms with van der Waals surface area (Å²) in [6, 6.07) is 2.09. The first-order valence-electron chi connectivity index (χ1n) is 11.8. The Labute approximate surface area is 214 Å². The van der Waals surface area contributed by atoms with Gasteiger partial charge in [0.05, 0.1) is 16.9 Å². The molecule has 2 aromatic rings. The van der Waals surface area contributed by atoms with Crippen molar-refractivity contribution in [1.82, 2.24) is 20.2 Å². The maximum Gasteiger partial charge on any atom is 0.251 e. The van der Waals surface area contributed by atoms with Gasteiger partial charge in [-0.05, 0) is 57.3 Å². The second kappa shape index (κ2) is 11.6. The van der Waals surface area contributed by atoms with Crippen molar-refractivity contribution >= 4 is 34.7 Å². The lowest BCUT2D eigenvalue weighted by atomic mass is 10.1. The lowest BCUT2D eigenvalue weighted by Gasteiger charge is -2.30. The topological polar surface area (TPSA) is 73.4 Å². The Morgan fingerprint density at radius 1 is 1.28 bits per heavy atom. The molecule has 2 heterocycles. The van der Waals surface area contributed by atoms with Gasteiger partial charge in [0.1, 0.15) is 11.6 Å². The first-order valence-corrected chi connectivity index (χ1v) is 12.2. The molecule has 0 saturated carbocycles. The van der Waals surface area contributed by atoms with Gasteiger partial charge in [0.2, 0.25) is 0 Å². The predicted molar refractivity (Wildman–Crippen MR) is 139 cm³/mol. The average molecular weight is 515 g/mol. The van der Waals surface area contributed by atoms with E-state index in [0.29, 0.717) is 49.0 Å². The van der Waals surface area contributed by atoms with Crippen molar-refractivity contribution in [2.75, 3.05) is 50.5 Å². The van der Waals surface area contributed by atoms with Crippen molar-refractivity contribution in [2.45, 2.75) is 19.4 Å². The standard InChI is InChI=1S/C26H29ClF2N6O/c1-34(2)12-5-10-31-26(36)18-7-4-3-6-17(14-18)22-15-32-24-25(33-22)35(13-11-30-24)16-19-20(28)8-9-21(29)23(19)27/h4,6-9,14-15H,3,5,10-13,16H2,1-2H3,(H,30,32)(H,31,36). The van der Waals surface area contributed by atoms with Crippen LogP contribution in [0.15, 0.2) is 48.2 Å². The number of nitrogens with one attached hydrogen (secondary N) is 2. The summed E-state index contributed by atoms with van der Waals surface area (Å²) in [6.07, 6.45) is 10.6. The number of carbonyl (C=O) groups is 1. The van der Waals surface area contributed by atoms with Crippen molar-refractivity contribution in [3.63, 3.8) is 0 Å². The van der Waals surface area contributed by atoms with Gasteiger partial charge in [-0.25, -0.2) is 18.7 Å². The number of anilines is 2. The summed E-state index contributed by atoms with van der Waals surface area (Å²) in [4.78, 5) is 25.9. The van der Waals surface area contributed by atoms with Gasteiger partial charge < -0.3 is 20.4 Å². The summed E-state index contributed by atoms with van der Waals surface area (Å²) in [7, 11) is 3.99. The van der Waals surface area contributed by atoms with Crippen molar-refractivity contribution < 1.29 is 13.6 Å². The van der Waals surface area contributed by atoms with Crippen LogP contribution in [0.5, 0.6) is 0 Å². The Morgan fingerprint density at radius 2 is 2.08 bits per heavy atom. The smallest absolute Gasteiger partial charge is 0.251 e. The summed E-state index contributed by atoms with van der Waals surface area (Å²) in [5.74, 6) is -0.333. The summed E-state index contributed by atoms with van der Waals surface area (Å²) in [5.41, 5.74) is 1.94. The van der Waals surface area contributed by atoms with E-state index in [1.165, 1.54) is 0 Å². The van der Waals surface area contributed by atoms with E-state index in [1.807, 2.05) is 31.1 Å². The predicted octanol–water partition coefficient (Wildman–Crippen LogP) is 4.18. The average Bonchev–Trinajstić information content (AvgIpc) is 3.13. The van der Waals surface area contributed by atoms with Crippen molar-refractivity contribution in [2.24, 2.45) is 0 Å². The Kier molecular flexibility index (Phi) is 8.32. The Bertz CT molecular complexity index is 1230. The summed E-state index contributed by atoms with van der Waals surface area (Å²) < 4.78 is 28.4. The van der Waals surface area contributed by atoms with Crippen molar-refractivity contribution in [3.8, 4) is 0 Å². The molecule has 1 aliphatic carbocycles. The van der Waals surface area contributed by atoms with E-state index in [2.05, 4.69) is 20.5 Å². The number of carbonyl (C=O) groups excluding carboxylic acids is 1. The monoisotopic (exact) mass is 514 g/mol. The highest BCUT2D eigenvalue weighted by atomic mass is 35.5. The summed E-state index contributed by atoms with van der Waals surface area (Å²) in [6.45, 7) is 2.60. The molecule has 0 unspecified atom stereocenters. The van der Waals surface area contributed by atoms with Crippen LogP contribution in [-0.4, -0.2) is 61.0 Å². The van der Waals surface area contributed by atoms with Gasteiger partial charge in [0.25, 0.3) is 5.91 Å². The van der Waals surface area contributed by atoms with Crippen LogP contribution in [-0.2, 0) is 11.3 Å². The minimum atomic E-state index is -0.669. The molecule has 1 aromatic carbocycles. The third kappa shape index (κ3) is 6.09. The first kappa shape index (κ1) is 25.8. The fourth-order valence-corrected chi connectivity index (χ4v) is 4.23. The lowest BCUT2D eigenvalue weighted by Crippen LogP contribution is -2.35. The lowest BCUT2D eigenvalue weighted by molar-refractivity contribution is -0.117. The van der Waals surface area contributed by atoms with Crippen LogP contribution in [0.3, 0.4) is 0 Å². The van der Waals surface area contributed by atoms with E-state index in [1.54, 1.807) is 18.3 Å². The van der Waals surface area contributed by atoms with Crippen LogP contribution in [0.1, 0.15) is 24.1 Å². The number of amides is 1. The highest BCUT2D eigenvalue weighted by molar-refractivity contribution is 6.31. The minimum absolute atomic E-state index is 0.0479. The van der Waals surface area contributed by atoms with Crippen LogP contribution in [0.2, 0.25) is 5.02 Å². The number of aromatic nitrogens is 2. The molecule has 190 valence electrons. The van der Waals surface area contributed by atoms with Crippen LogP contribution >= 0.6 is 11.6 Å². The quantitative estimate of drug-likeness (QED) is 0.407. The van der Waals surface area contributed by atoms with E-state index < -0.39 is 11.6 Å². The van der Waals surface area contributed by atoms with Crippen LogP contribution in [0, 0.1) is 11.6 Å². The Balaban J connectivity index is 1.56. The SMILES string of the molecule is CN(C)CCCNC(=O)C1=CC(c2cnc3c(n2)N(Cc2c(F)ccc(F)c2Cl)CCN3)=CCC=C1. The highest BCUT2D eigenvalue weighted by Crippen LogP contribution is 2.32. The van der Waals surface area contributed by atoms with E-state index >= 15 is 0 Å². The number of nitrogens with zero attached hydrogens (tertiary/aromatic N) is 4. The molecular formula is C26H29ClF2N6O. The molecule has 1 amide bonds. The molecular weight excluding hydrogens is 486 g/mol. The van der Waals surface area contributed by atoms with Gasteiger partial charge in [0, 0.05) is 37.3 Å². The van der Waals surface area contributed by atoms with Crippen LogP contribution in [0.4, 0.5) is 20.4 Å². The highest BCUT2D eigenvalue weighted by Gasteiger charge is 2.24. The normalized spacial score (nSPS) is 15.1. The van der Waals surface area contributed by atoms with Gasteiger partial charge in [-0.15, -0.1) is 0 Å². The number of halogens is 3. The molecule has 7 nitrogen and oxygen atoms in total. The molecule has 10 heteroatoms. The summed E-state index contributed by atoms with van der Waals surface area (Å²) >= 11 is 6.07. The number of hydrogen-bond donors (Lipinski definition) is 2. The van der Waals surface area contributed by atoms with Gasteiger partial charge in [-0.2, -0.15) is 0 Å². The molecule has 0 fully saturated rings. The second-order valence-electron chi connectivity index (χ2n) is 8.91. The Morgan fingerprint density at radius 3 is 2.89 bits per heavy atom. The van der Waals surface area contributed by atoms with Gasteiger partial charge >= 0.3 is 0 Å². The van der Waals surface area contributed by atoms with Gasteiger partial charge in [0.15, 0.2) is 11.6 Å². The fourth-order valence-electron chi connectivity index (χ4n) is 4.02. The van der Waals surface area contributed by atoms with E-state index in [9.17, 15) is 13.6 Å². The zero-order valence-electron chi connectivity index (χ0n) is 20.3. The molecule has 0 saturated heterocycles. The minimum Gasteiger partial charge on any atom is -0.365 e. The zero-order chi connectivity index (χ0) is 25.7. The number of benzene rings is 1. The maximum absolute atomic E-state index is 14.5. The third-order valence-electron chi connectivity index (χ3n) is 5.92. The molecule has 2 N–H and O–H groups in total. The maximum atomic E-state index is 14.5. The molecule has 2 aliphatic rings. The molecule has 1 aromatic heterocycles. The molecule has 36 heavy (non-hydrogen) atoms. The molecule has 0 radical (unpaired) electrons.